The molecule has 1 heterocycles. The molecule has 1 rings (SSSR count). The topological polar surface area (TPSA) is 43.7 Å². The van der Waals surface area contributed by atoms with E-state index in [1.54, 1.807) is 0 Å². The molecule has 1 aliphatic rings. The van der Waals surface area contributed by atoms with Crippen LogP contribution in [0, 0.1) is 0 Å². The molecule has 0 amide bonds. The Morgan fingerprint density at radius 3 is 2.73 bits per heavy atom. The second kappa shape index (κ2) is 4.70. The zero-order valence-corrected chi connectivity index (χ0v) is 6.87. The third kappa shape index (κ3) is 2.43. The smallest absolute Gasteiger partial charge is 0.0586 e. The zero-order chi connectivity index (χ0) is 8.10. The quantitative estimate of drug-likeness (QED) is 0.600. The average molecular weight is 159 g/mol. The molecule has 0 saturated carbocycles. The zero-order valence-electron chi connectivity index (χ0n) is 6.87. The third-order valence-corrected chi connectivity index (χ3v) is 2.35. The van der Waals surface area contributed by atoms with Gasteiger partial charge in [0, 0.05) is 12.6 Å². The van der Waals surface area contributed by atoms with E-state index in [1.807, 2.05) is 0 Å². The van der Waals surface area contributed by atoms with Gasteiger partial charge in [0.05, 0.1) is 13.2 Å². The standard InChI is InChI=1S/C8H17NO2/c10-6-5-9-4-2-1-3-8(9)7-11/h8,10-11H,1-7H2. The van der Waals surface area contributed by atoms with E-state index in [0.717, 1.165) is 13.0 Å². The molecule has 0 aromatic heterocycles. The van der Waals surface area contributed by atoms with Crippen molar-refractivity contribution in [3.8, 4) is 0 Å². The van der Waals surface area contributed by atoms with Crippen LogP contribution < -0.4 is 0 Å². The molecule has 0 aromatic rings. The minimum Gasteiger partial charge on any atom is -0.395 e. The lowest BCUT2D eigenvalue weighted by molar-refractivity contribution is 0.0738. The van der Waals surface area contributed by atoms with Crippen LogP contribution in [0.1, 0.15) is 19.3 Å². The van der Waals surface area contributed by atoms with E-state index in [0.29, 0.717) is 12.6 Å². The van der Waals surface area contributed by atoms with Crippen LogP contribution in [-0.4, -0.2) is 47.5 Å². The number of nitrogens with zero attached hydrogens (tertiary/aromatic N) is 1. The second-order valence-corrected chi connectivity index (χ2v) is 3.09. The first-order chi connectivity index (χ1) is 5.38. The monoisotopic (exact) mass is 159 g/mol. The van der Waals surface area contributed by atoms with Crippen LogP contribution in [0.5, 0.6) is 0 Å². The largest absolute Gasteiger partial charge is 0.395 e. The molecule has 0 aliphatic carbocycles. The lowest BCUT2D eigenvalue weighted by atomic mass is 10.0. The minimum absolute atomic E-state index is 0.205. The average Bonchev–Trinajstić information content (AvgIpc) is 2.06. The maximum atomic E-state index is 8.96. The first-order valence-electron chi connectivity index (χ1n) is 4.34. The van der Waals surface area contributed by atoms with Gasteiger partial charge in [-0.3, -0.25) is 4.90 Å². The van der Waals surface area contributed by atoms with Gasteiger partial charge in [-0.15, -0.1) is 0 Å². The van der Waals surface area contributed by atoms with Gasteiger partial charge in [0.15, 0.2) is 0 Å². The lowest BCUT2D eigenvalue weighted by Crippen LogP contribution is -2.43. The molecule has 0 aromatic carbocycles. The molecule has 1 aliphatic heterocycles. The molecule has 0 radical (unpaired) electrons. The van der Waals surface area contributed by atoms with Crippen molar-refractivity contribution in [2.45, 2.75) is 25.3 Å². The van der Waals surface area contributed by atoms with Gasteiger partial charge in [-0.25, -0.2) is 0 Å². The fourth-order valence-electron chi connectivity index (χ4n) is 1.69. The van der Waals surface area contributed by atoms with Crippen LogP contribution in [-0.2, 0) is 0 Å². The van der Waals surface area contributed by atoms with E-state index in [9.17, 15) is 0 Å². The highest BCUT2D eigenvalue weighted by molar-refractivity contribution is 4.75. The number of aliphatic hydroxyl groups is 2. The van der Waals surface area contributed by atoms with Crippen molar-refractivity contribution >= 4 is 0 Å². The molecule has 3 heteroatoms. The number of β-amino-alcohol motifs (C(OH)–C–C–N with tert-alkyl or cyclic N) is 1. The Labute approximate surface area is 67.6 Å². The summed E-state index contributed by atoms with van der Waals surface area (Å²) < 4.78 is 0. The number of aliphatic hydroxyl groups excluding tert-OH is 2. The highest BCUT2D eigenvalue weighted by Crippen LogP contribution is 2.15. The van der Waals surface area contributed by atoms with E-state index < -0.39 is 0 Å². The molecular formula is C8H17NO2. The summed E-state index contributed by atoms with van der Waals surface area (Å²) in [6.45, 7) is 2.19. The van der Waals surface area contributed by atoms with Crippen molar-refractivity contribution < 1.29 is 10.2 Å². The van der Waals surface area contributed by atoms with Crippen LogP contribution in [0.2, 0.25) is 0 Å². The van der Waals surface area contributed by atoms with Gasteiger partial charge in [0.1, 0.15) is 0 Å². The van der Waals surface area contributed by atoms with E-state index in [-0.39, 0.29) is 13.2 Å². The van der Waals surface area contributed by atoms with Gasteiger partial charge >= 0.3 is 0 Å². The maximum Gasteiger partial charge on any atom is 0.0586 e. The first kappa shape index (κ1) is 8.97. The second-order valence-electron chi connectivity index (χ2n) is 3.09. The highest BCUT2D eigenvalue weighted by Gasteiger charge is 2.20. The summed E-state index contributed by atoms with van der Waals surface area (Å²) in [5, 5.41) is 17.7. The van der Waals surface area contributed by atoms with Crippen LogP contribution in [0.3, 0.4) is 0 Å². The predicted octanol–water partition coefficient (Wildman–Crippen LogP) is -0.175. The van der Waals surface area contributed by atoms with Gasteiger partial charge in [0.2, 0.25) is 0 Å². The highest BCUT2D eigenvalue weighted by atomic mass is 16.3. The van der Waals surface area contributed by atoms with Gasteiger partial charge in [0.25, 0.3) is 0 Å². The fraction of sp³-hybridized carbons (Fsp3) is 1.00. The van der Waals surface area contributed by atoms with Gasteiger partial charge in [-0.05, 0) is 19.4 Å². The molecule has 66 valence electrons. The maximum absolute atomic E-state index is 8.96. The van der Waals surface area contributed by atoms with Crippen molar-refractivity contribution in [1.29, 1.82) is 0 Å². The summed E-state index contributed by atoms with van der Waals surface area (Å²) in [6, 6.07) is 0.302. The molecule has 11 heavy (non-hydrogen) atoms. The van der Waals surface area contributed by atoms with Crippen LogP contribution in [0.15, 0.2) is 0 Å². The normalized spacial score (nSPS) is 27.3. The first-order valence-corrected chi connectivity index (χ1v) is 4.34. The summed E-state index contributed by atoms with van der Waals surface area (Å²) >= 11 is 0. The molecule has 0 bridgehead atoms. The van der Waals surface area contributed by atoms with Crippen LogP contribution >= 0.6 is 0 Å². The number of hydrogen-bond acceptors (Lipinski definition) is 3. The number of rotatable bonds is 3. The SMILES string of the molecule is OCCN1CCCCC1CO. The van der Waals surface area contributed by atoms with E-state index in [4.69, 9.17) is 10.2 Å². The van der Waals surface area contributed by atoms with Crippen molar-refractivity contribution in [1.82, 2.24) is 4.90 Å². The molecule has 1 saturated heterocycles. The molecule has 1 atom stereocenters. The molecule has 0 spiro atoms. The number of hydrogen-bond donors (Lipinski definition) is 2. The summed E-state index contributed by atoms with van der Waals surface area (Å²) in [7, 11) is 0. The molecule has 1 unspecified atom stereocenters. The Morgan fingerprint density at radius 2 is 2.09 bits per heavy atom. The Hall–Kier alpha value is -0.120. The molecular weight excluding hydrogens is 142 g/mol. The van der Waals surface area contributed by atoms with E-state index >= 15 is 0 Å². The Morgan fingerprint density at radius 1 is 1.27 bits per heavy atom. The van der Waals surface area contributed by atoms with Crippen molar-refractivity contribution in [2.24, 2.45) is 0 Å². The van der Waals surface area contributed by atoms with Crippen molar-refractivity contribution in [2.75, 3.05) is 26.3 Å². The number of likely N-dealkylation sites (tertiary alicyclic amines) is 1. The molecule has 1 fully saturated rings. The van der Waals surface area contributed by atoms with Crippen molar-refractivity contribution in [3.63, 3.8) is 0 Å². The third-order valence-electron chi connectivity index (χ3n) is 2.35. The fourth-order valence-corrected chi connectivity index (χ4v) is 1.69. The minimum atomic E-state index is 0.205. The molecule has 2 N–H and O–H groups in total. The summed E-state index contributed by atoms with van der Waals surface area (Å²) in [5.41, 5.74) is 0. The van der Waals surface area contributed by atoms with Gasteiger partial charge < -0.3 is 10.2 Å². The Bertz CT molecular complexity index is 106. The molecule has 3 nitrogen and oxygen atoms in total. The van der Waals surface area contributed by atoms with Gasteiger partial charge in [-0.2, -0.15) is 0 Å². The Kier molecular flexibility index (Phi) is 3.83. The lowest BCUT2D eigenvalue weighted by Gasteiger charge is -2.33. The summed E-state index contributed by atoms with van der Waals surface area (Å²) in [5.74, 6) is 0. The van der Waals surface area contributed by atoms with E-state index in [2.05, 4.69) is 4.90 Å². The predicted molar refractivity (Wildman–Crippen MR) is 43.4 cm³/mol. The van der Waals surface area contributed by atoms with E-state index in [1.165, 1.54) is 12.8 Å². The van der Waals surface area contributed by atoms with Crippen LogP contribution in [0.4, 0.5) is 0 Å². The summed E-state index contributed by atoms with van der Waals surface area (Å²) in [4.78, 5) is 2.17. The number of piperidine rings is 1. The van der Waals surface area contributed by atoms with Gasteiger partial charge in [-0.1, -0.05) is 6.42 Å². The Balaban J connectivity index is 2.31. The summed E-state index contributed by atoms with van der Waals surface area (Å²) in [6.07, 6.45) is 3.50. The van der Waals surface area contributed by atoms with Crippen LogP contribution in [0.25, 0.3) is 0 Å². The van der Waals surface area contributed by atoms with Crippen molar-refractivity contribution in [3.05, 3.63) is 0 Å².